The highest BCUT2D eigenvalue weighted by atomic mass is 16.1. The molecule has 0 spiro atoms. The Hall–Kier alpha value is -3.46. The lowest BCUT2D eigenvalue weighted by molar-refractivity contribution is 1.15. The van der Waals surface area contributed by atoms with Crippen molar-refractivity contribution in [1.82, 2.24) is 9.38 Å². The van der Waals surface area contributed by atoms with Gasteiger partial charge in [0, 0.05) is 21.5 Å². The Labute approximate surface area is 142 Å². The van der Waals surface area contributed by atoms with Crippen LogP contribution in [0.5, 0.6) is 0 Å². The van der Waals surface area contributed by atoms with Crippen LogP contribution < -0.4 is 5.56 Å². The van der Waals surface area contributed by atoms with Gasteiger partial charge in [-0.25, -0.2) is 4.98 Å². The summed E-state index contributed by atoms with van der Waals surface area (Å²) in [6.07, 6.45) is 0. The third-order valence-corrected chi connectivity index (χ3v) is 5.12. The molecule has 0 unspecified atom stereocenters. The Balaban J connectivity index is 2.09. The van der Waals surface area contributed by atoms with E-state index in [0.717, 1.165) is 49.0 Å². The van der Waals surface area contributed by atoms with Gasteiger partial charge >= 0.3 is 0 Å². The van der Waals surface area contributed by atoms with E-state index in [2.05, 4.69) is 18.2 Å². The van der Waals surface area contributed by atoms with E-state index in [4.69, 9.17) is 4.98 Å². The van der Waals surface area contributed by atoms with E-state index in [1.807, 2.05) is 54.6 Å². The van der Waals surface area contributed by atoms with Gasteiger partial charge in [-0.05, 0) is 29.0 Å². The molecule has 0 radical (unpaired) electrons. The third kappa shape index (κ3) is 1.50. The molecule has 0 aliphatic rings. The second kappa shape index (κ2) is 4.33. The Morgan fingerprint density at radius 2 is 1.32 bits per heavy atom. The highest BCUT2D eigenvalue weighted by Gasteiger charge is 2.15. The number of hydrogen-bond donors (Lipinski definition) is 0. The largest absolute Gasteiger partial charge is 0.268 e. The second-order valence-corrected chi connectivity index (χ2v) is 6.44. The number of fused-ring (bicyclic) bond motifs is 3. The molecule has 0 saturated carbocycles. The van der Waals surface area contributed by atoms with Gasteiger partial charge in [0.1, 0.15) is 5.65 Å². The zero-order chi connectivity index (χ0) is 16.5. The van der Waals surface area contributed by atoms with Gasteiger partial charge in [-0.3, -0.25) is 9.20 Å². The summed E-state index contributed by atoms with van der Waals surface area (Å²) >= 11 is 0. The molecule has 4 aromatic carbocycles. The summed E-state index contributed by atoms with van der Waals surface area (Å²) in [6, 6.07) is 24.2. The average molecular weight is 320 g/mol. The van der Waals surface area contributed by atoms with Crippen molar-refractivity contribution in [2.24, 2.45) is 0 Å². The van der Waals surface area contributed by atoms with Gasteiger partial charge in [-0.2, -0.15) is 0 Å². The first kappa shape index (κ1) is 12.9. The van der Waals surface area contributed by atoms with E-state index in [9.17, 15) is 4.79 Å². The maximum Gasteiger partial charge on any atom is 0.264 e. The Morgan fingerprint density at radius 1 is 0.680 bits per heavy atom. The summed E-state index contributed by atoms with van der Waals surface area (Å²) < 4.78 is 1.77. The first-order valence-corrected chi connectivity index (χ1v) is 8.30. The van der Waals surface area contributed by atoms with Crippen LogP contribution in [0.25, 0.3) is 49.0 Å². The normalized spacial score (nSPS) is 12.2. The summed E-state index contributed by atoms with van der Waals surface area (Å²) in [6.45, 7) is 0. The first-order valence-electron chi connectivity index (χ1n) is 8.30. The van der Waals surface area contributed by atoms with Crippen molar-refractivity contribution in [1.29, 1.82) is 0 Å². The molecule has 0 fully saturated rings. The third-order valence-electron chi connectivity index (χ3n) is 5.12. The van der Waals surface area contributed by atoms with Crippen molar-refractivity contribution in [3.8, 4) is 0 Å². The molecule has 2 aromatic heterocycles. The van der Waals surface area contributed by atoms with E-state index in [1.165, 1.54) is 0 Å². The molecule has 116 valence electrons. The lowest BCUT2D eigenvalue weighted by Crippen LogP contribution is -2.16. The van der Waals surface area contributed by atoms with Gasteiger partial charge in [0.05, 0.1) is 11.0 Å². The van der Waals surface area contributed by atoms with Crippen LogP contribution in [0.3, 0.4) is 0 Å². The highest BCUT2D eigenvalue weighted by Crippen LogP contribution is 2.31. The summed E-state index contributed by atoms with van der Waals surface area (Å²) in [7, 11) is 0. The molecule has 0 N–H and O–H groups in total. The van der Waals surface area contributed by atoms with Crippen molar-refractivity contribution in [3.05, 3.63) is 83.2 Å². The molecule has 0 saturated heterocycles. The second-order valence-electron chi connectivity index (χ2n) is 6.44. The van der Waals surface area contributed by atoms with Crippen molar-refractivity contribution in [2.45, 2.75) is 0 Å². The fourth-order valence-electron chi connectivity index (χ4n) is 4.07. The van der Waals surface area contributed by atoms with Crippen LogP contribution in [0.15, 0.2) is 77.6 Å². The summed E-state index contributed by atoms with van der Waals surface area (Å²) in [5.74, 6) is 0. The molecular weight excluding hydrogens is 308 g/mol. The molecule has 25 heavy (non-hydrogen) atoms. The van der Waals surface area contributed by atoms with Gasteiger partial charge in [-0.1, -0.05) is 54.6 Å². The molecule has 0 bridgehead atoms. The fourth-order valence-corrected chi connectivity index (χ4v) is 4.07. The van der Waals surface area contributed by atoms with E-state index < -0.39 is 0 Å². The summed E-state index contributed by atoms with van der Waals surface area (Å²) in [4.78, 5) is 18.2. The Morgan fingerprint density at radius 3 is 2.12 bits per heavy atom. The predicted octanol–water partition coefficient (Wildman–Crippen LogP) is 4.75. The van der Waals surface area contributed by atoms with Crippen LogP contribution in [-0.4, -0.2) is 9.38 Å². The molecule has 6 aromatic rings. The Kier molecular flexibility index (Phi) is 2.24. The van der Waals surface area contributed by atoms with E-state index in [0.29, 0.717) is 0 Å². The van der Waals surface area contributed by atoms with Crippen LogP contribution in [0, 0.1) is 0 Å². The lowest BCUT2D eigenvalue weighted by Gasteiger charge is -2.13. The van der Waals surface area contributed by atoms with Crippen molar-refractivity contribution in [3.63, 3.8) is 0 Å². The number of aromatic nitrogens is 2. The van der Waals surface area contributed by atoms with E-state index in [-0.39, 0.29) is 5.56 Å². The predicted molar refractivity (Wildman–Crippen MR) is 103 cm³/mol. The molecule has 3 heteroatoms. The molecule has 3 nitrogen and oxygen atoms in total. The maximum absolute atomic E-state index is 13.3. The van der Waals surface area contributed by atoms with Crippen LogP contribution in [0.4, 0.5) is 0 Å². The van der Waals surface area contributed by atoms with Crippen LogP contribution >= 0.6 is 0 Å². The highest BCUT2D eigenvalue weighted by molar-refractivity contribution is 6.16. The minimum absolute atomic E-state index is 0.00921. The molecule has 0 aliphatic carbocycles. The average Bonchev–Trinajstić information content (AvgIpc) is 2.66. The number of hydrogen-bond acceptors (Lipinski definition) is 2. The quantitative estimate of drug-likeness (QED) is 0.299. The van der Waals surface area contributed by atoms with Gasteiger partial charge in [0.2, 0.25) is 0 Å². The monoisotopic (exact) mass is 320 g/mol. The number of pyridine rings is 1. The minimum Gasteiger partial charge on any atom is -0.268 e. The molecule has 0 aliphatic heterocycles. The summed E-state index contributed by atoms with van der Waals surface area (Å²) in [5, 5.41) is 5.96. The fraction of sp³-hybridized carbons (Fsp3) is 0. The van der Waals surface area contributed by atoms with E-state index in [1.54, 1.807) is 4.40 Å². The van der Waals surface area contributed by atoms with Crippen LogP contribution in [0.2, 0.25) is 0 Å². The van der Waals surface area contributed by atoms with Crippen molar-refractivity contribution < 1.29 is 0 Å². The standard InChI is InChI=1S/C22H12N2O/c25-22-16-10-2-6-13-5-1-9-15(19(13)16)21-23-17-11-3-7-14-8-4-12-18(20(14)17)24(21)22/h1-12H. The van der Waals surface area contributed by atoms with E-state index >= 15 is 0 Å². The lowest BCUT2D eigenvalue weighted by atomic mass is 10.0. The van der Waals surface area contributed by atoms with Gasteiger partial charge in [-0.15, -0.1) is 0 Å². The molecule has 0 amide bonds. The first-order chi connectivity index (χ1) is 12.3. The Bertz CT molecular complexity index is 1500. The van der Waals surface area contributed by atoms with Gasteiger partial charge in [0.25, 0.3) is 5.56 Å². The number of nitrogens with zero attached hydrogens (tertiary/aromatic N) is 2. The number of benzene rings is 4. The molecular formula is C22H12N2O. The minimum atomic E-state index is -0.00921. The SMILES string of the molecule is O=c1c2cccc3cccc(c32)c2nc3cccc4cccc(c43)n12. The van der Waals surface area contributed by atoms with Gasteiger partial charge in [0.15, 0.2) is 0 Å². The van der Waals surface area contributed by atoms with Crippen LogP contribution in [-0.2, 0) is 0 Å². The van der Waals surface area contributed by atoms with Crippen molar-refractivity contribution in [2.75, 3.05) is 0 Å². The summed E-state index contributed by atoms with van der Waals surface area (Å²) in [5.41, 5.74) is 2.55. The molecule has 6 rings (SSSR count). The molecule has 2 heterocycles. The number of rotatable bonds is 0. The van der Waals surface area contributed by atoms with Crippen LogP contribution in [0.1, 0.15) is 0 Å². The topological polar surface area (TPSA) is 34.4 Å². The zero-order valence-corrected chi connectivity index (χ0v) is 13.2. The van der Waals surface area contributed by atoms with Crippen molar-refractivity contribution >= 4 is 49.0 Å². The smallest absolute Gasteiger partial charge is 0.264 e. The van der Waals surface area contributed by atoms with Gasteiger partial charge < -0.3 is 0 Å². The zero-order valence-electron chi connectivity index (χ0n) is 13.2. The maximum atomic E-state index is 13.3. The molecule has 0 atom stereocenters.